The predicted octanol–water partition coefficient (Wildman–Crippen LogP) is 1.96. The summed E-state index contributed by atoms with van der Waals surface area (Å²) >= 11 is 0. The van der Waals surface area contributed by atoms with Crippen molar-refractivity contribution >= 4 is 11.8 Å². The molecule has 5 nitrogen and oxygen atoms in total. The first-order chi connectivity index (χ1) is 9.24. The summed E-state index contributed by atoms with van der Waals surface area (Å²) in [4.78, 5) is 22.3. The molecule has 2 rings (SSSR count). The molecule has 0 saturated heterocycles. The van der Waals surface area contributed by atoms with Gasteiger partial charge in [0.2, 0.25) is 0 Å². The molecule has 1 aromatic rings. The van der Waals surface area contributed by atoms with Crippen LogP contribution in [0.4, 0.5) is 5.82 Å². The highest BCUT2D eigenvalue weighted by molar-refractivity contribution is 5.75. The standard InChI is InChI=1S/C14H21N3O2/c1-3-5-11-8-13(16-10-15-11)17(12-6-7-12)9-14(18)19-4-2/h8,10,12H,3-7,9H2,1-2H3. The Bertz CT molecular complexity index is 432. The summed E-state index contributed by atoms with van der Waals surface area (Å²) in [5.41, 5.74) is 1.03. The van der Waals surface area contributed by atoms with Crippen LogP contribution in [0, 0.1) is 0 Å². The summed E-state index contributed by atoms with van der Waals surface area (Å²) in [6.45, 7) is 4.64. The molecule has 0 unspecified atom stereocenters. The smallest absolute Gasteiger partial charge is 0.325 e. The minimum absolute atomic E-state index is 0.190. The third kappa shape index (κ3) is 3.91. The number of aromatic nitrogens is 2. The van der Waals surface area contributed by atoms with E-state index in [4.69, 9.17) is 4.74 Å². The molecule has 0 bridgehead atoms. The number of ether oxygens (including phenoxy) is 1. The van der Waals surface area contributed by atoms with Gasteiger partial charge in [0.05, 0.1) is 6.61 Å². The van der Waals surface area contributed by atoms with E-state index in [1.807, 2.05) is 17.9 Å². The lowest BCUT2D eigenvalue weighted by Gasteiger charge is -2.22. The van der Waals surface area contributed by atoms with Crippen LogP contribution in [0.5, 0.6) is 0 Å². The summed E-state index contributed by atoms with van der Waals surface area (Å²) in [7, 11) is 0. The van der Waals surface area contributed by atoms with Crippen molar-refractivity contribution in [1.29, 1.82) is 0 Å². The highest BCUT2D eigenvalue weighted by Gasteiger charge is 2.31. The van der Waals surface area contributed by atoms with Gasteiger partial charge in [0.15, 0.2) is 0 Å². The molecule has 0 amide bonds. The summed E-state index contributed by atoms with van der Waals surface area (Å²) < 4.78 is 5.03. The van der Waals surface area contributed by atoms with Gasteiger partial charge in [-0.25, -0.2) is 9.97 Å². The van der Waals surface area contributed by atoms with Crippen LogP contribution < -0.4 is 4.90 Å². The van der Waals surface area contributed by atoms with Gasteiger partial charge in [0, 0.05) is 17.8 Å². The zero-order chi connectivity index (χ0) is 13.7. The van der Waals surface area contributed by atoms with Crippen molar-refractivity contribution in [3.05, 3.63) is 18.1 Å². The lowest BCUT2D eigenvalue weighted by Crippen LogP contribution is -2.33. The van der Waals surface area contributed by atoms with E-state index in [1.165, 1.54) is 0 Å². The number of anilines is 1. The second-order valence-electron chi connectivity index (χ2n) is 4.78. The van der Waals surface area contributed by atoms with E-state index >= 15 is 0 Å². The molecule has 1 saturated carbocycles. The molecule has 0 N–H and O–H groups in total. The molecular formula is C14H21N3O2. The highest BCUT2D eigenvalue weighted by Crippen LogP contribution is 2.30. The Hall–Kier alpha value is -1.65. The van der Waals surface area contributed by atoms with E-state index < -0.39 is 0 Å². The van der Waals surface area contributed by atoms with Gasteiger partial charge in [-0.2, -0.15) is 0 Å². The average Bonchev–Trinajstić information content (AvgIpc) is 3.21. The number of carbonyl (C=O) groups excluding carboxylic acids is 1. The second kappa shape index (κ2) is 6.50. The van der Waals surface area contributed by atoms with E-state index in [2.05, 4.69) is 16.9 Å². The van der Waals surface area contributed by atoms with E-state index in [0.717, 1.165) is 37.2 Å². The van der Waals surface area contributed by atoms with Crippen LogP contribution in [-0.2, 0) is 16.0 Å². The third-order valence-electron chi connectivity index (χ3n) is 3.10. The van der Waals surface area contributed by atoms with E-state index in [-0.39, 0.29) is 12.5 Å². The molecule has 19 heavy (non-hydrogen) atoms. The fraction of sp³-hybridized carbons (Fsp3) is 0.643. The molecule has 0 spiro atoms. The van der Waals surface area contributed by atoms with Crippen molar-refractivity contribution in [2.24, 2.45) is 0 Å². The molecule has 1 aromatic heterocycles. The first-order valence-corrected chi connectivity index (χ1v) is 6.97. The summed E-state index contributed by atoms with van der Waals surface area (Å²) in [5, 5.41) is 0. The molecule has 0 atom stereocenters. The van der Waals surface area contributed by atoms with Gasteiger partial charge in [-0.05, 0) is 26.2 Å². The number of esters is 1. The van der Waals surface area contributed by atoms with Crippen LogP contribution in [0.2, 0.25) is 0 Å². The molecular weight excluding hydrogens is 242 g/mol. The molecule has 0 radical (unpaired) electrons. The van der Waals surface area contributed by atoms with Gasteiger partial charge in [-0.15, -0.1) is 0 Å². The van der Waals surface area contributed by atoms with Crippen molar-refractivity contribution in [3.63, 3.8) is 0 Å². The summed E-state index contributed by atoms with van der Waals surface area (Å²) in [6, 6.07) is 2.41. The molecule has 1 aliphatic carbocycles. The maximum Gasteiger partial charge on any atom is 0.325 e. The number of hydrogen-bond donors (Lipinski definition) is 0. The predicted molar refractivity (Wildman–Crippen MR) is 73.0 cm³/mol. The van der Waals surface area contributed by atoms with E-state index in [0.29, 0.717) is 12.6 Å². The Balaban J connectivity index is 2.09. The number of aryl methyl sites for hydroxylation is 1. The van der Waals surface area contributed by atoms with Crippen molar-refractivity contribution in [3.8, 4) is 0 Å². The summed E-state index contributed by atoms with van der Waals surface area (Å²) in [6.07, 6.45) is 5.81. The van der Waals surface area contributed by atoms with Crippen LogP contribution in [0.25, 0.3) is 0 Å². The summed E-state index contributed by atoms with van der Waals surface area (Å²) in [5.74, 6) is 0.652. The largest absolute Gasteiger partial charge is 0.465 e. The van der Waals surface area contributed by atoms with Crippen LogP contribution in [0.1, 0.15) is 38.8 Å². The fourth-order valence-electron chi connectivity index (χ4n) is 2.06. The molecule has 1 heterocycles. The van der Waals surface area contributed by atoms with Crippen LogP contribution in [0.15, 0.2) is 12.4 Å². The zero-order valence-corrected chi connectivity index (χ0v) is 11.6. The highest BCUT2D eigenvalue weighted by atomic mass is 16.5. The SMILES string of the molecule is CCCc1cc(N(CC(=O)OCC)C2CC2)ncn1. The van der Waals surface area contributed by atoms with Crippen LogP contribution in [0.3, 0.4) is 0 Å². The van der Waals surface area contributed by atoms with Gasteiger partial charge in [-0.3, -0.25) is 4.79 Å². The van der Waals surface area contributed by atoms with Crippen LogP contribution in [-0.4, -0.2) is 35.1 Å². The second-order valence-corrected chi connectivity index (χ2v) is 4.78. The Morgan fingerprint density at radius 3 is 2.84 bits per heavy atom. The van der Waals surface area contributed by atoms with E-state index in [1.54, 1.807) is 6.33 Å². The lowest BCUT2D eigenvalue weighted by atomic mass is 10.2. The van der Waals surface area contributed by atoms with Gasteiger partial charge in [0.1, 0.15) is 18.7 Å². The van der Waals surface area contributed by atoms with Gasteiger partial charge in [-0.1, -0.05) is 13.3 Å². The van der Waals surface area contributed by atoms with Gasteiger partial charge in [0.25, 0.3) is 0 Å². The number of carbonyl (C=O) groups is 1. The topological polar surface area (TPSA) is 55.3 Å². The first kappa shape index (κ1) is 13.8. The normalized spacial score (nSPS) is 14.2. The van der Waals surface area contributed by atoms with Crippen molar-refractivity contribution in [1.82, 2.24) is 9.97 Å². The molecule has 5 heteroatoms. The minimum atomic E-state index is -0.190. The number of rotatable bonds is 7. The van der Waals surface area contributed by atoms with Crippen molar-refractivity contribution < 1.29 is 9.53 Å². The lowest BCUT2D eigenvalue weighted by molar-refractivity contribution is -0.141. The van der Waals surface area contributed by atoms with Crippen molar-refractivity contribution in [2.75, 3.05) is 18.1 Å². The Morgan fingerprint density at radius 1 is 1.42 bits per heavy atom. The first-order valence-electron chi connectivity index (χ1n) is 6.97. The Kier molecular flexibility index (Phi) is 4.71. The molecule has 104 valence electrons. The Morgan fingerprint density at radius 2 is 2.21 bits per heavy atom. The van der Waals surface area contributed by atoms with Crippen LogP contribution >= 0.6 is 0 Å². The van der Waals surface area contributed by atoms with Gasteiger partial charge >= 0.3 is 5.97 Å². The number of nitrogens with zero attached hydrogens (tertiary/aromatic N) is 3. The fourth-order valence-corrected chi connectivity index (χ4v) is 2.06. The number of hydrogen-bond acceptors (Lipinski definition) is 5. The quantitative estimate of drug-likeness (QED) is 0.704. The monoisotopic (exact) mass is 263 g/mol. The molecule has 1 fully saturated rings. The third-order valence-corrected chi connectivity index (χ3v) is 3.10. The molecule has 0 aromatic carbocycles. The Labute approximate surface area is 114 Å². The molecule has 0 aliphatic heterocycles. The van der Waals surface area contributed by atoms with Crippen molar-refractivity contribution in [2.45, 2.75) is 45.6 Å². The maximum atomic E-state index is 11.7. The zero-order valence-electron chi connectivity index (χ0n) is 11.6. The van der Waals surface area contributed by atoms with Gasteiger partial charge < -0.3 is 9.64 Å². The minimum Gasteiger partial charge on any atom is -0.465 e. The molecule has 1 aliphatic rings. The maximum absolute atomic E-state index is 11.7. The van der Waals surface area contributed by atoms with E-state index in [9.17, 15) is 4.79 Å². The average molecular weight is 263 g/mol.